The van der Waals surface area contributed by atoms with E-state index in [4.69, 9.17) is 0 Å². The molecule has 2 saturated heterocycles. The van der Waals surface area contributed by atoms with Crippen LogP contribution in [-0.2, 0) is 6.54 Å². The molecule has 0 aromatic heterocycles. The van der Waals surface area contributed by atoms with E-state index in [1.54, 1.807) is 6.07 Å². The molecule has 26 heavy (non-hydrogen) atoms. The molecule has 0 bridgehead atoms. The van der Waals surface area contributed by atoms with E-state index in [1.165, 1.54) is 17.7 Å². The van der Waals surface area contributed by atoms with Crippen molar-refractivity contribution in [3.8, 4) is 0 Å². The molecule has 3 atom stereocenters. The summed E-state index contributed by atoms with van der Waals surface area (Å²) in [5, 5.41) is 0. The summed E-state index contributed by atoms with van der Waals surface area (Å²) in [6.45, 7) is 6.22. The van der Waals surface area contributed by atoms with Crippen molar-refractivity contribution in [2.24, 2.45) is 11.8 Å². The molecule has 2 aliphatic heterocycles. The molecule has 2 aliphatic rings. The molecule has 4 rings (SSSR count). The van der Waals surface area contributed by atoms with Crippen molar-refractivity contribution in [3.63, 3.8) is 0 Å². The highest BCUT2D eigenvalue weighted by Crippen LogP contribution is 2.44. The van der Waals surface area contributed by atoms with Gasteiger partial charge < -0.3 is 0 Å². The Kier molecular flexibility index (Phi) is 7.09. The van der Waals surface area contributed by atoms with E-state index in [-0.39, 0.29) is 30.6 Å². The molecule has 2 fully saturated rings. The van der Waals surface area contributed by atoms with Gasteiger partial charge in [0.1, 0.15) is 5.82 Å². The first kappa shape index (κ1) is 21.2. The number of hydrogen-bond donors (Lipinski definition) is 0. The van der Waals surface area contributed by atoms with Crippen molar-refractivity contribution in [2.45, 2.75) is 19.5 Å². The maximum atomic E-state index is 13.5. The fraction of sp³-hybridized carbons (Fsp3) is 0.429. The van der Waals surface area contributed by atoms with Crippen molar-refractivity contribution < 1.29 is 4.39 Å². The van der Waals surface area contributed by atoms with Crippen LogP contribution in [0, 0.1) is 24.6 Å². The van der Waals surface area contributed by atoms with Crippen molar-refractivity contribution in [1.82, 2.24) is 9.80 Å². The van der Waals surface area contributed by atoms with Gasteiger partial charge in [0, 0.05) is 32.2 Å². The van der Waals surface area contributed by atoms with E-state index in [0.29, 0.717) is 12.0 Å². The molecular weight excluding hydrogens is 370 g/mol. The number of fused-ring (bicyclic) bond motifs is 1. The summed E-state index contributed by atoms with van der Waals surface area (Å²) in [7, 11) is 2.25. The molecule has 0 N–H and O–H groups in total. The quantitative estimate of drug-likeness (QED) is 0.740. The fourth-order valence-electron chi connectivity index (χ4n) is 4.69. The first-order chi connectivity index (χ1) is 11.6. The van der Waals surface area contributed by atoms with Gasteiger partial charge in [0.15, 0.2) is 0 Å². The lowest BCUT2D eigenvalue weighted by Gasteiger charge is -2.27. The predicted molar refractivity (Wildman–Crippen MR) is 110 cm³/mol. The van der Waals surface area contributed by atoms with E-state index in [0.717, 1.165) is 31.1 Å². The average molecular weight is 397 g/mol. The topological polar surface area (TPSA) is 6.48 Å². The molecule has 0 saturated carbocycles. The van der Waals surface area contributed by atoms with Gasteiger partial charge in [-0.05, 0) is 48.6 Å². The van der Waals surface area contributed by atoms with E-state index in [2.05, 4.69) is 47.2 Å². The zero-order valence-corrected chi connectivity index (χ0v) is 16.9. The Morgan fingerprint density at radius 2 is 1.73 bits per heavy atom. The summed E-state index contributed by atoms with van der Waals surface area (Å²) in [5.74, 6) is 1.32. The van der Waals surface area contributed by atoms with Crippen molar-refractivity contribution in [1.29, 1.82) is 0 Å². The standard InChI is InChI=1S/C21H25FN2.2ClH/c1-15-10-16(8-9-20(15)22)11-24-13-18-12-23(2)21(19(18)14-24)17-6-4-3-5-7-17;;/h3-10,18-19,21H,11-14H2,1-2H3;2*1H/t18-,19+,21-;;/m0../s1. The minimum absolute atomic E-state index is 0. The van der Waals surface area contributed by atoms with Crippen LogP contribution in [0.2, 0.25) is 0 Å². The maximum Gasteiger partial charge on any atom is 0.126 e. The lowest BCUT2D eigenvalue weighted by molar-refractivity contribution is 0.224. The molecule has 0 radical (unpaired) electrons. The van der Waals surface area contributed by atoms with Crippen LogP contribution in [0.15, 0.2) is 48.5 Å². The zero-order valence-electron chi connectivity index (χ0n) is 15.3. The highest BCUT2D eigenvalue weighted by atomic mass is 35.5. The Labute approximate surface area is 168 Å². The Balaban J connectivity index is 0.00000121. The van der Waals surface area contributed by atoms with Gasteiger partial charge in [0.2, 0.25) is 0 Å². The number of hydrogen-bond acceptors (Lipinski definition) is 2. The lowest BCUT2D eigenvalue weighted by Crippen LogP contribution is -2.28. The van der Waals surface area contributed by atoms with Crippen LogP contribution in [0.25, 0.3) is 0 Å². The second-order valence-corrected chi connectivity index (χ2v) is 7.50. The molecule has 5 heteroatoms. The van der Waals surface area contributed by atoms with Crippen LogP contribution >= 0.6 is 24.8 Å². The molecule has 2 heterocycles. The molecule has 2 aromatic rings. The van der Waals surface area contributed by atoms with Crippen molar-refractivity contribution >= 4 is 24.8 Å². The molecule has 142 valence electrons. The van der Waals surface area contributed by atoms with Crippen LogP contribution in [-0.4, -0.2) is 36.5 Å². The molecule has 2 nitrogen and oxygen atoms in total. The normalized spacial score (nSPS) is 25.4. The summed E-state index contributed by atoms with van der Waals surface area (Å²) in [4.78, 5) is 5.06. The Hall–Kier alpha value is -1.13. The van der Waals surface area contributed by atoms with Gasteiger partial charge in [-0.1, -0.05) is 42.5 Å². The molecule has 0 unspecified atom stereocenters. The van der Waals surface area contributed by atoms with Gasteiger partial charge in [-0.15, -0.1) is 24.8 Å². The number of halogens is 3. The highest BCUT2D eigenvalue weighted by Gasteiger charge is 2.45. The van der Waals surface area contributed by atoms with Crippen LogP contribution in [0.4, 0.5) is 4.39 Å². The van der Waals surface area contributed by atoms with E-state index in [9.17, 15) is 4.39 Å². The molecule has 0 aliphatic carbocycles. The zero-order chi connectivity index (χ0) is 16.7. The van der Waals surface area contributed by atoms with Crippen LogP contribution in [0.1, 0.15) is 22.7 Å². The minimum atomic E-state index is -0.109. The van der Waals surface area contributed by atoms with Gasteiger partial charge in [-0.3, -0.25) is 9.80 Å². The number of aryl methyl sites for hydroxylation is 1. The smallest absolute Gasteiger partial charge is 0.126 e. The summed E-state index contributed by atoms with van der Waals surface area (Å²) in [5.41, 5.74) is 3.40. The minimum Gasteiger partial charge on any atom is -0.299 e. The highest BCUT2D eigenvalue weighted by molar-refractivity contribution is 5.85. The first-order valence-corrected chi connectivity index (χ1v) is 8.84. The number of benzene rings is 2. The summed E-state index contributed by atoms with van der Waals surface area (Å²) in [6.07, 6.45) is 0. The number of likely N-dealkylation sites (tertiary alicyclic amines) is 2. The van der Waals surface area contributed by atoms with Gasteiger partial charge in [-0.2, -0.15) is 0 Å². The van der Waals surface area contributed by atoms with Crippen LogP contribution in [0.5, 0.6) is 0 Å². The predicted octanol–water partition coefficient (Wildman–Crippen LogP) is 4.71. The molecule has 2 aromatic carbocycles. The SMILES string of the molecule is Cc1cc(CN2C[C@@H]3CN(C)[C@@H](c4ccccc4)[C@@H]3C2)ccc1F.Cl.Cl. The summed E-state index contributed by atoms with van der Waals surface area (Å²) >= 11 is 0. The van der Waals surface area contributed by atoms with E-state index < -0.39 is 0 Å². The van der Waals surface area contributed by atoms with Crippen LogP contribution in [0.3, 0.4) is 0 Å². The third-order valence-electron chi connectivity index (χ3n) is 5.74. The largest absolute Gasteiger partial charge is 0.299 e. The Morgan fingerprint density at radius 1 is 1.00 bits per heavy atom. The van der Waals surface area contributed by atoms with Crippen molar-refractivity contribution in [3.05, 3.63) is 71.0 Å². The molecule has 0 amide bonds. The maximum absolute atomic E-state index is 13.5. The van der Waals surface area contributed by atoms with Gasteiger partial charge in [0.05, 0.1) is 0 Å². The Bertz CT molecular complexity index is 725. The van der Waals surface area contributed by atoms with Crippen molar-refractivity contribution in [2.75, 3.05) is 26.7 Å². The van der Waals surface area contributed by atoms with Crippen LogP contribution < -0.4 is 0 Å². The lowest BCUT2D eigenvalue weighted by atomic mass is 9.90. The van der Waals surface area contributed by atoms with E-state index >= 15 is 0 Å². The first-order valence-electron chi connectivity index (χ1n) is 8.84. The molecular formula is C21H27Cl2FN2. The second-order valence-electron chi connectivity index (χ2n) is 7.50. The number of nitrogens with zero attached hydrogens (tertiary/aromatic N) is 2. The average Bonchev–Trinajstić information content (AvgIpc) is 3.07. The molecule has 0 spiro atoms. The van der Waals surface area contributed by atoms with E-state index in [1.807, 2.05) is 19.1 Å². The third kappa shape index (κ3) is 4.07. The monoisotopic (exact) mass is 396 g/mol. The van der Waals surface area contributed by atoms with Gasteiger partial charge in [-0.25, -0.2) is 4.39 Å². The van der Waals surface area contributed by atoms with Gasteiger partial charge >= 0.3 is 0 Å². The third-order valence-corrected chi connectivity index (χ3v) is 5.74. The number of rotatable bonds is 3. The van der Waals surface area contributed by atoms with Gasteiger partial charge in [0.25, 0.3) is 0 Å². The Morgan fingerprint density at radius 3 is 2.42 bits per heavy atom. The fourth-order valence-corrected chi connectivity index (χ4v) is 4.69. The summed E-state index contributed by atoms with van der Waals surface area (Å²) in [6, 6.07) is 16.9. The summed E-state index contributed by atoms with van der Waals surface area (Å²) < 4.78 is 13.5. The second kappa shape index (κ2) is 8.71.